The fourth-order valence-electron chi connectivity index (χ4n) is 1.47. The van der Waals surface area contributed by atoms with Gasteiger partial charge in [-0.3, -0.25) is 9.59 Å². The first kappa shape index (κ1) is 7.30. The molecule has 1 fully saturated rings. The third-order valence-corrected chi connectivity index (χ3v) is 2.16. The minimum atomic E-state index is -0.916. The third-order valence-electron chi connectivity index (χ3n) is 2.16. The van der Waals surface area contributed by atoms with E-state index in [9.17, 15) is 9.59 Å². The summed E-state index contributed by atoms with van der Waals surface area (Å²) < 4.78 is 0. The molecule has 0 spiro atoms. The Morgan fingerprint density at radius 2 is 1.21 bits per heavy atom. The van der Waals surface area contributed by atoms with E-state index in [2.05, 4.69) is 30.9 Å². The highest BCUT2D eigenvalue weighted by atomic mass is 16.1. The van der Waals surface area contributed by atoms with Crippen LogP contribution in [0.2, 0.25) is 0 Å². The van der Waals surface area contributed by atoms with Gasteiger partial charge in [0.15, 0.2) is 12.1 Å². The van der Waals surface area contributed by atoms with Crippen LogP contribution in [0.25, 0.3) is 0 Å². The zero-order chi connectivity index (χ0) is 9.71. The normalized spacial score (nSPS) is 32.9. The fourth-order valence-corrected chi connectivity index (χ4v) is 1.47. The van der Waals surface area contributed by atoms with Crippen LogP contribution < -0.4 is 0 Å². The number of carbonyl (C=O) groups excluding carboxylic acids is 2. The number of ketones is 2. The molecule has 0 unspecified atom stereocenters. The first-order valence-corrected chi connectivity index (χ1v) is 3.83. The van der Waals surface area contributed by atoms with Crippen LogP contribution in [0.3, 0.4) is 0 Å². The second-order valence-electron chi connectivity index (χ2n) is 2.91. The van der Waals surface area contributed by atoms with Crippen molar-refractivity contribution in [1.82, 2.24) is 0 Å². The molecule has 3 rings (SSSR count). The number of hydrogen-bond acceptors (Lipinski definition) is 8. The Balaban J connectivity index is 2.15. The average Bonchev–Trinajstić information content (AvgIpc) is 2.82. The molecule has 1 saturated carbocycles. The first-order chi connectivity index (χ1) is 6.79. The number of rotatable bonds is 0. The summed E-state index contributed by atoms with van der Waals surface area (Å²) in [5.41, 5.74) is 0.0830. The minimum Gasteiger partial charge on any atom is -0.290 e. The molecule has 0 amide bonds. The maximum absolute atomic E-state index is 11.6. The van der Waals surface area contributed by atoms with E-state index in [1.165, 1.54) is 0 Å². The van der Waals surface area contributed by atoms with Crippen molar-refractivity contribution in [2.24, 2.45) is 30.9 Å². The molecule has 68 valence electrons. The van der Waals surface area contributed by atoms with Crippen molar-refractivity contribution >= 4 is 23.0 Å². The molecule has 0 radical (unpaired) electrons. The van der Waals surface area contributed by atoms with Crippen molar-refractivity contribution in [3.8, 4) is 0 Å². The maximum atomic E-state index is 11.6. The SMILES string of the molecule is O=C1C2=NN=N[C@H]2C(=O)C2=NN=N[C@@H]12. The van der Waals surface area contributed by atoms with Crippen LogP contribution >= 0.6 is 0 Å². The molecule has 0 N–H and O–H groups in total. The van der Waals surface area contributed by atoms with Gasteiger partial charge < -0.3 is 0 Å². The smallest absolute Gasteiger partial charge is 0.214 e. The molecule has 2 aliphatic heterocycles. The number of carbonyl (C=O) groups is 2. The van der Waals surface area contributed by atoms with Gasteiger partial charge in [-0.25, -0.2) is 0 Å². The Labute approximate surface area is 76.5 Å². The van der Waals surface area contributed by atoms with Gasteiger partial charge in [0, 0.05) is 0 Å². The van der Waals surface area contributed by atoms with E-state index in [1.54, 1.807) is 0 Å². The zero-order valence-electron chi connectivity index (χ0n) is 6.65. The van der Waals surface area contributed by atoms with Crippen molar-refractivity contribution in [1.29, 1.82) is 0 Å². The summed E-state index contributed by atoms with van der Waals surface area (Å²) in [5, 5.41) is 20.7. The standard InChI is InChI=1S/C6H2N6O2/c13-5-1-2(8-11-7-1)6(14)4-3(5)9-12-10-4/h1,4H/t1-,4-/m1/s1. The second-order valence-corrected chi connectivity index (χ2v) is 2.91. The van der Waals surface area contributed by atoms with E-state index in [1.807, 2.05) is 0 Å². The molecule has 14 heavy (non-hydrogen) atoms. The molecule has 0 bridgehead atoms. The summed E-state index contributed by atoms with van der Waals surface area (Å²) in [5.74, 6) is -0.779. The summed E-state index contributed by atoms with van der Waals surface area (Å²) in [6.45, 7) is 0. The molecule has 2 heterocycles. The van der Waals surface area contributed by atoms with Gasteiger partial charge in [-0.05, 0) is 10.4 Å². The lowest BCUT2D eigenvalue weighted by molar-refractivity contribution is -0.118. The summed E-state index contributed by atoms with van der Waals surface area (Å²) >= 11 is 0. The lowest BCUT2D eigenvalue weighted by Gasteiger charge is -2.16. The Morgan fingerprint density at radius 1 is 0.786 bits per heavy atom. The third kappa shape index (κ3) is 0.679. The number of Topliss-reactive ketones (excluding diaryl/α,β-unsaturated/α-hetero) is 2. The van der Waals surface area contributed by atoms with Gasteiger partial charge in [0.2, 0.25) is 11.6 Å². The fraction of sp³-hybridized carbons (Fsp3) is 0.333. The van der Waals surface area contributed by atoms with E-state index in [0.29, 0.717) is 0 Å². The highest BCUT2D eigenvalue weighted by Crippen LogP contribution is 2.22. The summed E-state index contributed by atoms with van der Waals surface area (Å²) in [6, 6.07) is -1.83. The van der Waals surface area contributed by atoms with Gasteiger partial charge in [-0.1, -0.05) is 0 Å². The van der Waals surface area contributed by atoms with Gasteiger partial charge in [0.25, 0.3) is 0 Å². The van der Waals surface area contributed by atoms with Crippen LogP contribution in [0, 0.1) is 0 Å². The number of nitrogens with zero attached hydrogens (tertiary/aromatic N) is 6. The van der Waals surface area contributed by atoms with Gasteiger partial charge in [0.1, 0.15) is 11.4 Å². The maximum Gasteiger partial charge on any atom is 0.214 e. The quantitative estimate of drug-likeness (QED) is 0.514. The minimum absolute atomic E-state index is 0.0415. The van der Waals surface area contributed by atoms with Gasteiger partial charge in [-0.15, -0.1) is 10.2 Å². The predicted octanol–water partition coefficient (Wildman–Crippen LogP) is -0.481. The lowest BCUT2D eigenvalue weighted by atomic mass is 9.86. The molecule has 0 aromatic carbocycles. The number of hydrogen-bond donors (Lipinski definition) is 0. The van der Waals surface area contributed by atoms with E-state index in [4.69, 9.17) is 0 Å². The first-order valence-electron chi connectivity index (χ1n) is 3.83. The Kier molecular flexibility index (Phi) is 1.16. The lowest BCUT2D eigenvalue weighted by Crippen LogP contribution is -2.51. The average molecular weight is 190 g/mol. The van der Waals surface area contributed by atoms with Gasteiger partial charge in [0.05, 0.1) is 0 Å². The highest BCUT2D eigenvalue weighted by molar-refractivity contribution is 6.66. The van der Waals surface area contributed by atoms with Crippen LogP contribution in [0.4, 0.5) is 0 Å². The van der Waals surface area contributed by atoms with Crippen LogP contribution in [0.15, 0.2) is 30.9 Å². The van der Waals surface area contributed by atoms with Crippen LogP contribution in [-0.4, -0.2) is 35.1 Å². The Morgan fingerprint density at radius 3 is 1.64 bits per heavy atom. The van der Waals surface area contributed by atoms with E-state index >= 15 is 0 Å². The monoisotopic (exact) mass is 190 g/mol. The molecular formula is C6H2N6O2. The molecule has 8 heteroatoms. The molecule has 0 aromatic heterocycles. The second kappa shape index (κ2) is 2.22. The highest BCUT2D eigenvalue weighted by Gasteiger charge is 2.49. The summed E-state index contributed by atoms with van der Waals surface area (Å²) in [7, 11) is 0. The summed E-state index contributed by atoms with van der Waals surface area (Å²) in [6.07, 6.45) is 0. The van der Waals surface area contributed by atoms with Crippen LogP contribution in [0.1, 0.15) is 0 Å². The largest absolute Gasteiger partial charge is 0.290 e. The van der Waals surface area contributed by atoms with E-state index in [-0.39, 0.29) is 23.0 Å². The molecule has 2 atom stereocenters. The Hall–Kier alpha value is -2.12. The van der Waals surface area contributed by atoms with Crippen molar-refractivity contribution in [2.45, 2.75) is 12.1 Å². The molecule has 3 aliphatic rings. The number of fused-ring (bicyclic) bond motifs is 2. The predicted molar refractivity (Wildman–Crippen MR) is 42.2 cm³/mol. The van der Waals surface area contributed by atoms with Crippen molar-refractivity contribution in [3.63, 3.8) is 0 Å². The van der Waals surface area contributed by atoms with Crippen molar-refractivity contribution in [3.05, 3.63) is 0 Å². The van der Waals surface area contributed by atoms with E-state index in [0.717, 1.165) is 0 Å². The van der Waals surface area contributed by atoms with Crippen molar-refractivity contribution < 1.29 is 9.59 Å². The summed E-state index contributed by atoms with van der Waals surface area (Å²) in [4.78, 5) is 23.2. The van der Waals surface area contributed by atoms with E-state index < -0.39 is 12.1 Å². The molecule has 0 saturated heterocycles. The van der Waals surface area contributed by atoms with Gasteiger partial charge >= 0.3 is 0 Å². The molecule has 8 nitrogen and oxygen atoms in total. The van der Waals surface area contributed by atoms with Crippen LogP contribution in [0.5, 0.6) is 0 Å². The van der Waals surface area contributed by atoms with Gasteiger partial charge in [-0.2, -0.15) is 10.2 Å². The van der Waals surface area contributed by atoms with Crippen molar-refractivity contribution in [2.75, 3.05) is 0 Å². The zero-order valence-corrected chi connectivity index (χ0v) is 6.65. The van der Waals surface area contributed by atoms with Crippen LogP contribution in [-0.2, 0) is 9.59 Å². The molecule has 1 aliphatic carbocycles. The topological polar surface area (TPSA) is 108 Å². The molecular weight excluding hydrogens is 188 g/mol. The molecule has 0 aromatic rings. The Bertz CT molecular complexity index is 429.